The molecule has 0 fully saturated rings. The van der Waals surface area contributed by atoms with Gasteiger partial charge in [-0.1, -0.05) is 29.8 Å². The Kier molecular flexibility index (Phi) is 1.72. The topological polar surface area (TPSA) is 12.4 Å². The fourth-order valence-electron chi connectivity index (χ4n) is 1.47. The minimum atomic E-state index is 0.543. The van der Waals surface area contributed by atoms with Crippen molar-refractivity contribution >= 4 is 5.71 Å². The molecular formula is C11H13N. The summed E-state index contributed by atoms with van der Waals surface area (Å²) in [5, 5.41) is 0. The smallest absolute Gasteiger partial charge is 0.0530 e. The molecule has 2 rings (SSSR count). The first kappa shape index (κ1) is 7.53. The van der Waals surface area contributed by atoms with Gasteiger partial charge in [0.1, 0.15) is 0 Å². The Balaban J connectivity index is 2.25. The van der Waals surface area contributed by atoms with E-state index in [0.29, 0.717) is 6.04 Å². The van der Waals surface area contributed by atoms with Gasteiger partial charge in [0.05, 0.1) is 6.04 Å². The maximum absolute atomic E-state index is 4.44. The lowest BCUT2D eigenvalue weighted by atomic mass is 9.97. The van der Waals surface area contributed by atoms with Crippen molar-refractivity contribution in [2.45, 2.75) is 26.3 Å². The molecule has 0 aliphatic carbocycles. The third-order valence-electron chi connectivity index (χ3n) is 2.25. The number of nitrogens with zero attached hydrogens (tertiary/aromatic N) is 1. The van der Waals surface area contributed by atoms with Crippen LogP contribution in [0.3, 0.4) is 0 Å². The lowest BCUT2D eigenvalue weighted by Crippen LogP contribution is -2.21. The van der Waals surface area contributed by atoms with Crippen LogP contribution in [-0.4, -0.2) is 11.8 Å². The Morgan fingerprint density at radius 1 is 1.25 bits per heavy atom. The SMILES string of the molecule is Cc1ccc(C2=NC(C)C2)cc1. The van der Waals surface area contributed by atoms with Gasteiger partial charge in [-0.3, -0.25) is 4.99 Å². The zero-order valence-corrected chi connectivity index (χ0v) is 7.54. The van der Waals surface area contributed by atoms with Gasteiger partial charge in [-0.05, 0) is 19.4 Å². The molecule has 12 heavy (non-hydrogen) atoms. The molecule has 0 saturated heterocycles. The molecule has 1 atom stereocenters. The highest BCUT2D eigenvalue weighted by Crippen LogP contribution is 2.18. The summed E-state index contributed by atoms with van der Waals surface area (Å²) in [6, 6.07) is 9.13. The summed E-state index contributed by atoms with van der Waals surface area (Å²) in [5.41, 5.74) is 3.87. The van der Waals surface area contributed by atoms with Gasteiger partial charge in [-0.25, -0.2) is 0 Å². The van der Waals surface area contributed by atoms with Crippen LogP contribution in [0.4, 0.5) is 0 Å². The van der Waals surface area contributed by atoms with Crippen molar-refractivity contribution in [2.24, 2.45) is 4.99 Å². The second-order valence-corrected chi connectivity index (χ2v) is 3.49. The molecule has 1 aliphatic heterocycles. The molecule has 1 aliphatic rings. The highest BCUT2D eigenvalue weighted by atomic mass is 14.9. The van der Waals surface area contributed by atoms with E-state index in [1.54, 1.807) is 0 Å². The highest BCUT2D eigenvalue weighted by molar-refractivity contribution is 6.04. The molecule has 0 amide bonds. The predicted molar refractivity (Wildman–Crippen MR) is 51.8 cm³/mol. The predicted octanol–water partition coefficient (Wildman–Crippen LogP) is 2.58. The molecule has 1 unspecified atom stereocenters. The Bertz CT molecular complexity index is 308. The average Bonchev–Trinajstić information content (AvgIpc) is 2.01. The van der Waals surface area contributed by atoms with Crippen LogP contribution in [0.5, 0.6) is 0 Å². The lowest BCUT2D eigenvalue weighted by Gasteiger charge is -2.20. The fourth-order valence-corrected chi connectivity index (χ4v) is 1.47. The molecule has 1 heteroatoms. The summed E-state index contributed by atoms with van der Waals surface area (Å²) >= 11 is 0. The molecule has 0 radical (unpaired) electrons. The molecule has 1 aromatic rings. The Hall–Kier alpha value is -1.11. The van der Waals surface area contributed by atoms with Crippen LogP contribution in [0.15, 0.2) is 29.3 Å². The van der Waals surface area contributed by atoms with Crippen LogP contribution in [0.25, 0.3) is 0 Å². The van der Waals surface area contributed by atoms with Crippen LogP contribution < -0.4 is 0 Å². The molecule has 0 saturated carbocycles. The molecule has 0 N–H and O–H groups in total. The minimum absolute atomic E-state index is 0.543. The zero-order chi connectivity index (χ0) is 8.55. The Morgan fingerprint density at radius 3 is 2.33 bits per heavy atom. The van der Waals surface area contributed by atoms with Crippen LogP contribution in [0, 0.1) is 6.92 Å². The van der Waals surface area contributed by atoms with Gasteiger partial charge in [0, 0.05) is 12.1 Å². The summed E-state index contributed by atoms with van der Waals surface area (Å²) in [4.78, 5) is 4.44. The quantitative estimate of drug-likeness (QED) is 0.597. The van der Waals surface area contributed by atoms with Gasteiger partial charge < -0.3 is 0 Å². The first-order valence-corrected chi connectivity index (χ1v) is 4.39. The van der Waals surface area contributed by atoms with E-state index in [1.165, 1.54) is 16.8 Å². The van der Waals surface area contributed by atoms with Gasteiger partial charge in [0.25, 0.3) is 0 Å². The molecule has 1 aromatic carbocycles. The first-order valence-electron chi connectivity index (χ1n) is 4.39. The normalized spacial score (nSPS) is 21.5. The summed E-state index contributed by atoms with van der Waals surface area (Å²) in [7, 11) is 0. The lowest BCUT2D eigenvalue weighted by molar-refractivity contribution is 0.715. The minimum Gasteiger partial charge on any atom is -0.286 e. The van der Waals surface area contributed by atoms with Crippen molar-refractivity contribution in [2.75, 3.05) is 0 Å². The maximum Gasteiger partial charge on any atom is 0.0530 e. The van der Waals surface area contributed by atoms with Gasteiger partial charge >= 0.3 is 0 Å². The van der Waals surface area contributed by atoms with Gasteiger partial charge in [-0.2, -0.15) is 0 Å². The third-order valence-corrected chi connectivity index (χ3v) is 2.25. The van der Waals surface area contributed by atoms with Crippen LogP contribution in [0.1, 0.15) is 24.5 Å². The van der Waals surface area contributed by atoms with E-state index in [-0.39, 0.29) is 0 Å². The van der Waals surface area contributed by atoms with Crippen molar-refractivity contribution in [3.63, 3.8) is 0 Å². The second-order valence-electron chi connectivity index (χ2n) is 3.49. The number of benzene rings is 1. The molecule has 0 bridgehead atoms. The molecule has 0 spiro atoms. The van der Waals surface area contributed by atoms with E-state index in [1.807, 2.05) is 0 Å². The number of aliphatic imine (C=N–C) groups is 1. The molecule has 0 aromatic heterocycles. The summed E-state index contributed by atoms with van der Waals surface area (Å²) < 4.78 is 0. The largest absolute Gasteiger partial charge is 0.286 e. The monoisotopic (exact) mass is 159 g/mol. The van der Waals surface area contributed by atoms with E-state index in [9.17, 15) is 0 Å². The second kappa shape index (κ2) is 2.74. The number of aryl methyl sites for hydroxylation is 1. The molecule has 1 heterocycles. The Morgan fingerprint density at radius 2 is 1.83 bits per heavy atom. The summed E-state index contributed by atoms with van der Waals surface area (Å²) in [6.45, 7) is 4.26. The van der Waals surface area contributed by atoms with Crippen LogP contribution in [-0.2, 0) is 0 Å². The number of hydrogen-bond acceptors (Lipinski definition) is 1. The summed E-state index contributed by atoms with van der Waals surface area (Å²) in [5.74, 6) is 0. The van der Waals surface area contributed by atoms with Crippen molar-refractivity contribution < 1.29 is 0 Å². The van der Waals surface area contributed by atoms with E-state index in [0.717, 1.165) is 6.42 Å². The van der Waals surface area contributed by atoms with Crippen molar-refractivity contribution in [3.8, 4) is 0 Å². The van der Waals surface area contributed by atoms with Crippen LogP contribution >= 0.6 is 0 Å². The van der Waals surface area contributed by atoms with Crippen molar-refractivity contribution in [1.82, 2.24) is 0 Å². The van der Waals surface area contributed by atoms with Gasteiger partial charge in [0.2, 0.25) is 0 Å². The van der Waals surface area contributed by atoms with E-state index in [4.69, 9.17) is 0 Å². The van der Waals surface area contributed by atoms with Gasteiger partial charge in [0.15, 0.2) is 0 Å². The van der Waals surface area contributed by atoms with E-state index in [2.05, 4.69) is 43.1 Å². The average molecular weight is 159 g/mol. The number of rotatable bonds is 1. The molecular weight excluding hydrogens is 146 g/mol. The first-order chi connectivity index (χ1) is 5.75. The van der Waals surface area contributed by atoms with Gasteiger partial charge in [-0.15, -0.1) is 0 Å². The van der Waals surface area contributed by atoms with Crippen LogP contribution in [0.2, 0.25) is 0 Å². The highest BCUT2D eigenvalue weighted by Gasteiger charge is 2.16. The third kappa shape index (κ3) is 1.27. The maximum atomic E-state index is 4.44. The standard InChI is InChI=1S/C11H13N/c1-8-3-5-10(6-4-8)11-7-9(2)12-11/h3-6,9H,7H2,1-2H3. The number of hydrogen-bond donors (Lipinski definition) is 0. The van der Waals surface area contributed by atoms with Crippen molar-refractivity contribution in [1.29, 1.82) is 0 Å². The van der Waals surface area contributed by atoms with E-state index < -0.39 is 0 Å². The fraction of sp³-hybridized carbons (Fsp3) is 0.364. The Labute approximate surface area is 73.1 Å². The summed E-state index contributed by atoms with van der Waals surface area (Å²) in [6.07, 6.45) is 1.14. The van der Waals surface area contributed by atoms with E-state index >= 15 is 0 Å². The molecule has 1 nitrogen and oxygen atoms in total. The zero-order valence-electron chi connectivity index (χ0n) is 7.54. The van der Waals surface area contributed by atoms with Crippen molar-refractivity contribution in [3.05, 3.63) is 35.4 Å². The molecule has 62 valence electrons.